The van der Waals surface area contributed by atoms with Gasteiger partial charge in [-0.05, 0) is 32.0 Å². The molecule has 0 atom stereocenters. The van der Waals surface area contributed by atoms with Crippen LogP contribution >= 0.6 is 15.9 Å². The second-order valence-corrected chi connectivity index (χ2v) is 4.61. The third kappa shape index (κ3) is 2.23. The van der Waals surface area contributed by atoms with E-state index in [4.69, 9.17) is 5.73 Å². The van der Waals surface area contributed by atoms with Crippen LogP contribution in [0.4, 0.5) is 0 Å². The zero-order valence-corrected chi connectivity index (χ0v) is 10.8. The van der Waals surface area contributed by atoms with Crippen LogP contribution in [0.1, 0.15) is 17.9 Å². The number of halogens is 1. The molecule has 0 spiro atoms. The second kappa shape index (κ2) is 4.89. The van der Waals surface area contributed by atoms with Gasteiger partial charge in [0.1, 0.15) is 5.82 Å². The average molecular weight is 280 g/mol. The van der Waals surface area contributed by atoms with Gasteiger partial charge in [0.05, 0.1) is 5.52 Å². The Hall–Kier alpha value is -1.000. The van der Waals surface area contributed by atoms with Gasteiger partial charge in [0.25, 0.3) is 0 Å². The summed E-state index contributed by atoms with van der Waals surface area (Å²) in [6, 6.07) is 6.02. The van der Waals surface area contributed by atoms with Gasteiger partial charge < -0.3 is 5.73 Å². The molecular formula is C12H14BrN3. The fourth-order valence-corrected chi connectivity index (χ4v) is 2.39. The number of benzene rings is 1. The van der Waals surface area contributed by atoms with Crippen molar-refractivity contribution in [2.75, 3.05) is 6.54 Å². The lowest BCUT2D eigenvalue weighted by molar-refractivity contribution is 0.782. The summed E-state index contributed by atoms with van der Waals surface area (Å²) in [5.74, 6) is 0.883. The Balaban J connectivity index is 2.51. The number of hydrogen-bond acceptors (Lipinski definition) is 3. The van der Waals surface area contributed by atoms with Gasteiger partial charge >= 0.3 is 0 Å². The number of fused-ring (bicyclic) bond motifs is 1. The van der Waals surface area contributed by atoms with Gasteiger partial charge in [0.15, 0.2) is 0 Å². The summed E-state index contributed by atoms with van der Waals surface area (Å²) < 4.78 is 1.05. The minimum Gasteiger partial charge on any atom is -0.330 e. The molecule has 0 saturated carbocycles. The fourth-order valence-electron chi connectivity index (χ4n) is 1.75. The molecule has 0 aliphatic heterocycles. The van der Waals surface area contributed by atoms with Crippen molar-refractivity contribution >= 4 is 26.8 Å². The summed E-state index contributed by atoms with van der Waals surface area (Å²) in [5.41, 5.74) is 7.50. The molecule has 2 rings (SSSR count). The van der Waals surface area contributed by atoms with E-state index < -0.39 is 0 Å². The summed E-state index contributed by atoms with van der Waals surface area (Å²) in [7, 11) is 0. The minimum atomic E-state index is 0.679. The second-order valence-electron chi connectivity index (χ2n) is 3.75. The molecule has 0 aliphatic carbocycles. The molecule has 2 aromatic rings. The molecule has 0 bridgehead atoms. The van der Waals surface area contributed by atoms with E-state index in [1.54, 1.807) is 0 Å². The third-order valence-electron chi connectivity index (χ3n) is 2.50. The third-order valence-corrected chi connectivity index (χ3v) is 3.17. The number of aromatic nitrogens is 2. The molecule has 1 aromatic heterocycles. The standard InChI is InChI=1S/C12H14BrN3/c1-8-12-9(13)4-2-5-10(12)16-11(15-8)6-3-7-14/h2,4-5H,3,6-7,14H2,1H3. The van der Waals surface area contributed by atoms with Crippen molar-refractivity contribution in [1.82, 2.24) is 9.97 Å². The van der Waals surface area contributed by atoms with E-state index in [0.717, 1.165) is 39.7 Å². The first-order valence-corrected chi connectivity index (χ1v) is 6.13. The maximum absolute atomic E-state index is 5.49. The van der Waals surface area contributed by atoms with Crippen LogP contribution in [0.5, 0.6) is 0 Å². The lowest BCUT2D eigenvalue weighted by Crippen LogP contribution is -2.04. The van der Waals surface area contributed by atoms with Gasteiger partial charge in [-0.25, -0.2) is 9.97 Å². The van der Waals surface area contributed by atoms with Crippen LogP contribution in [0.3, 0.4) is 0 Å². The first-order chi connectivity index (χ1) is 7.72. The van der Waals surface area contributed by atoms with E-state index in [-0.39, 0.29) is 0 Å². The van der Waals surface area contributed by atoms with Gasteiger partial charge in [0.2, 0.25) is 0 Å². The molecule has 0 radical (unpaired) electrons. The highest BCUT2D eigenvalue weighted by Gasteiger charge is 2.06. The number of nitrogens with zero attached hydrogens (tertiary/aromatic N) is 2. The van der Waals surface area contributed by atoms with E-state index in [9.17, 15) is 0 Å². The highest BCUT2D eigenvalue weighted by molar-refractivity contribution is 9.10. The smallest absolute Gasteiger partial charge is 0.129 e. The van der Waals surface area contributed by atoms with Crippen molar-refractivity contribution < 1.29 is 0 Å². The minimum absolute atomic E-state index is 0.679. The molecule has 84 valence electrons. The lowest BCUT2D eigenvalue weighted by Gasteiger charge is -2.06. The van der Waals surface area contributed by atoms with Gasteiger partial charge in [-0.1, -0.05) is 22.0 Å². The molecule has 0 amide bonds. The Kier molecular flexibility index (Phi) is 3.51. The van der Waals surface area contributed by atoms with Crippen LogP contribution in [-0.4, -0.2) is 16.5 Å². The molecule has 2 N–H and O–H groups in total. The number of nitrogens with two attached hydrogens (primary N) is 1. The van der Waals surface area contributed by atoms with E-state index in [1.165, 1.54) is 0 Å². The number of aryl methyl sites for hydroxylation is 2. The Morgan fingerprint density at radius 3 is 2.88 bits per heavy atom. The SMILES string of the molecule is Cc1nc(CCCN)nc2cccc(Br)c12. The average Bonchev–Trinajstić information content (AvgIpc) is 2.26. The molecule has 0 fully saturated rings. The van der Waals surface area contributed by atoms with Crippen LogP contribution in [0.15, 0.2) is 22.7 Å². The van der Waals surface area contributed by atoms with E-state index >= 15 is 0 Å². The molecule has 1 heterocycles. The van der Waals surface area contributed by atoms with Crippen LogP contribution in [0.2, 0.25) is 0 Å². The zero-order valence-electron chi connectivity index (χ0n) is 9.20. The van der Waals surface area contributed by atoms with Crippen molar-refractivity contribution in [1.29, 1.82) is 0 Å². The summed E-state index contributed by atoms with van der Waals surface area (Å²) >= 11 is 3.52. The largest absolute Gasteiger partial charge is 0.330 e. The normalized spacial score (nSPS) is 10.9. The lowest BCUT2D eigenvalue weighted by atomic mass is 10.2. The van der Waals surface area contributed by atoms with Crippen molar-refractivity contribution in [2.24, 2.45) is 5.73 Å². The maximum atomic E-state index is 5.49. The molecule has 1 aromatic carbocycles. The van der Waals surface area contributed by atoms with Crippen LogP contribution < -0.4 is 5.73 Å². The fraction of sp³-hybridized carbons (Fsp3) is 0.333. The van der Waals surface area contributed by atoms with Crippen molar-refractivity contribution in [2.45, 2.75) is 19.8 Å². The highest BCUT2D eigenvalue weighted by Crippen LogP contribution is 2.24. The van der Waals surface area contributed by atoms with Crippen LogP contribution in [-0.2, 0) is 6.42 Å². The Bertz CT molecular complexity index is 511. The first-order valence-electron chi connectivity index (χ1n) is 5.34. The Labute approximate surface area is 103 Å². The molecule has 4 heteroatoms. The number of hydrogen-bond donors (Lipinski definition) is 1. The van der Waals surface area contributed by atoms with E-state index in [2.05, 4.69) is 25.9 Å². The molecule has 0 aliphatic rings. The van der Waals surface area contributed by atoms with Crippen LogP contribution in [0.25, 0.3) is 10.9 Å². The van der Waals surface area contributed by atoms with E-state index in [0.29, 0.717) is 6.54 Å². The predicted molar refractivity (Wildman–Crippen MR) is 69.4 cm³/mol. The van der Waals surface area contributed by atoms with Crippen LogP contribution in [0, 0.1) is 6.92 Å². The first kappa shape index (κ1) is 11.5. The number of rotatable bonds is 3. The summed E-state index contributed by atoms with van der Waals surface area (Å²) in [4.78, 5) is 9.04. The quantitative estimate of drug-likeness (QED) is 0.940. The maximum Gasteiger partial charge on any atom is 0.129 e. The van der Waals surface area contributed by atoms with Crippen molar-refractivity contribution in [3.63, 3.8) is 0 Å². The van der Waals surface area contributed by atoms with Crippen molar-refractivity contribution in [3.8, 4) is 0 Å². The molecule has 3 nitrogen and oxygen atoms in total. The Morgan fingerprint density at radius 2 is 2.12 bits per heavy atom. The van der Waals surface area contributed by atoms with Gasteiger partial charge in [-0.15, -0.1) is 0 Å². The zero-order chi connectivity index (χ0) is 11.5. The van der Waals surface area contributed by atoms with Crippen molar-refractivity contribution in [3.05, 3.63) is 34.2 Å². The molecule has 16 heavy (non-hydrogen) atoms. The summed E-state index contributed by atoms with van der Waals surface area (Å²) in [6.07, 6.45) is 1.78. The van der Waals surface area contributed by atoms with Gasteiger partial charge in [0, 0.05) is 22.0 Å². The van der Waals surface area contributed by atoms with E-state index in [1.807, 2.05) is 25.1 Å². The molecular weight excluding hydrogens is 266 g/mol. The van der Waals surface area contributed by atoms with Gasteiger partial charge in [-0.3, -0.25) is 0 Å². The molecule has 0 saturated heterocycles. The topological polar surface area (TPSA) is 51.8 Å². The Morgan fingerprint density at radius 1 is 1.31 bits per heavy atom. The van der Waals surface area contributed by atoms with Gasteiger partial charge in [-0.2, -0.15) is 0 Å². The highest BCUT2D eigenvalue weighted by atomic mass is 79.9. The summed E-state index contributed by atoms with van der Waals surface area (Å²) in [6.45, 7) is 2.69. The molecule has 0 unspecified atom stereocenters. The predicted octanol–water partition coefficient (Wildman–Crippen LogP) is 2.59. The monoisotopic (exact) mass is 279 g/mol. The summed E-state index contributed by atoms with van der Waals surface area (Å²) in [5, 5.41) is 1.10.